The molecule has 3 rings (SSSR count). The molecule has 6 nitrogen and oxygen atoms in total. The van der Waals surface area contributed by atoms with E-state index in [4.69, 9.17) is 49.8 Å². The summed E-state index contributed by atoms with van der Waals surface area (Å²) in [6.07, 6.45) is 2.00. The summed E-state index contributed by atoms with van der Waals surface area (Å²) in [7, 11) is 2.79. The number of methoxy groups -OCH3 is 1. The van der Waals surface area contributed by atoms with Gasteiger partial charge in [0, 0.05) is 31.9 Å². The Morgan fingerprint density at radius 1 is 1.16 bits per heavy atom. The molecule has 1 aliphatic rings. The van der Waals surface area contributed by atoms with Gasteiger partial charge in [-0.1, -0.05) is 34.8 Å². The third-order valence-electron chi connectivity index (χ3n) is 4.35. The smallest absolute Gasteiger partial charge is 0.254 e. The van der Waals surface area contributed by atoms with Gasteiger partial charge in [-0.15, -0.1) is 0 Å². The summed E-state index contributed by atoms with van der Waals surface area (Å²) in [5.41, 5.74) is 1.09. The van der Waals surface area contributed by atoms with Gasteiger partial charge >= 0.3 is 0 Å². The van der Waals surface area contributed by atoms with Crippen LogP contribution in [0.15, 0.2) is 30.3 Å². The van der Waals surface area contributed by atoms with Crippen molar-refractivity contribution in [2.24, 2.45) is 0 Å². The van der Waals surface area contributed by atoms with E-state index in [0.717, 1.165) is 19.2 Å². The molecule has 0 bridgehead atoms. The standard InChI is InChI=1S/C10H11Cl2N.C9H9ClFNO2.C3H8O2/c11-9-4-3-8(7-10(9)12)13-5-1-2-6-13;1-12-9(13)5-3-6(10)8(14-2)4-7(5)11;1-3(5)2-4/h3-4,7H,1-2,5-6H2;3-4H,1-2H3,(H,12,13);3-5H,2H2,1H3. The molecule has 1 fully saturated rings. The maximum Gasteiger partial charge on any atom is 0.254 e. The third-order valence-corrected chi connectivity index (χ3v) is 5.39. The molecule has 0 spiro atoms. The van der Waals surface area contributed by atoms with Crippen molar-refractivity contribution in [3.63, 3.8) is 0 Å². The van der Waals surface area contributed by atoms with Gasteiger partial charge in [-0.25, -0.2) is 4.39 Å². The van der Waals surface area contributed by atoms with E-state index in [-0.39, 0.29) is 22.9 Å². The first-order valence-electron chi connectivity index (χ1n) is 9.88. The van der Waals surface area contributed by atoms with E-state index in [1.54, 1.807) is 0 Å². The minimum Gasteiger partial charge on any atom is -0.495 e. The molecule has 2 aromatic rings. The summed E-state index contributed by atoms with van der Waals surface area (Å²) in [5, 5.41) is 19.8. The highest BCUT2D eigenvalue weighted by molar-refractivity contribution is 6.42. The van der Waals surface area contributed by atoms with Crippen molar-refractivity contribution in [1.29, 1.82) is 0 Å². The Morgan fingerprint density at radius 3 is 2.22 bits per heavy atom. The number of aliphatic hydroxyl groups excluding tert-OH is 2. The summed E-state index contributed by atoms with van der Waals surface area (Å²) in [5.74, 6) is -0.977. The number of aliphatic hydroxyl groups is 2. The first-order valence-corrected chi connectivity index (χ1v) is 11.0. The predicted octanol–water partition coefficient (Wildman–Crippen LogP) is 4.80. The van der Waals surface area contributed by atoms with Crippen LogP contribution in [0.4, 0.5) is 10.1 Å². The van der Waals surface area contributed by atoms with Crippen molar-refractivity contribution in [3.8, 4) is 5.75 Å². The molecule has 1 aliphatic heterocycles. The largest absolute Gasteiger partial charge is 0.495 e. The SMILES string of the molecule is CC(O)CO.CNC(=O)c1cc(Cl)c(OC)cc1F.Clc1ccc(N2CCCC2)cc1Cl. The number of halogens is 4. The molecule has 3 N–H and O–H groups in total. The highest BCUT2D eigenvalue weighted by atomic mass is 35.5. The van der Waals surface area contributed by atoms with Crippen molar-refractivity contribution in [1.82, 2.24) is 5.32 Å². The lowest BCUT2D eigenvalue weighted by atomic mass is 10.2. The van der Waals surface area contributed by atoms with Gasteiger partial charge in [-0.3, -0.25) is 4.79 Å². The zero-order valence-electron chi connectivity index (χ0n) is 18.2. The Morgan fingerprint density at radius 2 is 1.75 bits per heavy atom. The Kier molecular flexibility index (Phi) is 12.7. The fraction of sp³-hybridized carbons (Fsp3) is 0.409. The normalized spacial score (nSPS) is 13.3. The monoisotopic (exact) mass is 508 g/mol. The van der Waals surface area contributed by atoms with E-state index in [1.807, 2.05) is 18.2 Å². The zero-order valence-corrected chi connectivity index (χ0v) is 20.4. The lowest BCUT2D eigenvalue weighted by molar-refractivity contribution is 0.0959. The van der Waals surface area contributed by atoms with Crippen molar-refractivity contribution in [2.45, 2.75) is 25.9 Å². The maximum absolute atomic E-state index is 13.3. The molecule has 1 unspecified atom stereocenters. The summed E-state index contributed by atoms with van der Waals surface area (Å²) in [4.78, 5) is 13.5. The average Bonchev–Trinajstić information content (AvgIpc) is 3.32. The summed E-state index contributed by atoms with van der Waals surface area (Å²) < 4.78 is 18.0. The van der Waals surface area contributed by atoms with Crippen molar-refractivity contribution >= 4 is 46.4 Å². The molecule has 0 saturated carbocycles. The van der Waals surface area contributed by atoms with Crippen LogP contribution < -0.4 is 15.0 Å². The average molecular weight is 510 g/mol. The van der Waals surface area contributed by atoms with Gasteiger partial charge in [0.25, 0.3) is 5.91 Å². The summed E-state index contributed by atoms with van der Waals surface area (Å²) in [6, 6.07) is 8.13. The van der Waals surface area contributed by atoms with Crippen LogP contribution >= 0.6 is 34.8 Å². The van der Waals surface area contributed by atoms with Crippen LogP contribution in [0.3, 0.4) is 0 Å². The highest BCUT2D eigenvalue weighted by Gasteiger charge is 2.14. The molecule has 0 aliphatic carbocycles. The molecule has 178 valence electrons. The van der Waals surface area contributed by atoms with Gasteiger partial charge < -0.3 is 25.2 Å². The Bertz CT molecular complexity index is 878. The molecule has 0 aromatic heterocycles. The lowest BCUT2D eigenvalue weighted by Crippen LogP contribution is -2.19. The fourth-order valence-corrected chi connectivity index (χ4v) is 3.18. The van der Waals surface area contributed by atoms with Crippen LogP contribution in [0, 0.1) is 5.82 Å². The van der Waals surface area contributed by atoms with E-state index in [9.17, 15) is 9.18 Å². The van der Waals surface area contributed by atoms with Crippen LogP contribution in [0.2, 0.25) is 15.1 Å². The van der Waals surface area contributed by atoms with E-state index in [0.29, 0.717) is 10.0 Å². The van der Waals surface area contributed by atoms with Gasteiger partial charge in [-0.05, 0) is 44.0 Å². The van der Waals surface area contributed by atoms with Gasteiger partial charge in [0.05, 0.1) is 40.5 Å². The minimum absolute atomic E-state index is 0.0988. The van der Waals surface area contributed by atoms with Gasteiger partial charge in [0.2, 0.25) is 0 Å². The second-order valence-corrected chi connectivity index (χ2v) is 8.09. The number of nitrogens with one attached hydrogen (secondary N) is 1. The lowest BCUT2D eigenvalue weighted by Gasteiger charge is -2.17. The number of anilines is 1. The number of benzene rings is 2. The topological polar surface area (TPSA) is 82.0 Å². The van der Waals surface area contributed by atoms with E-state index < -0.39 is 17.8 Å². The van der Waals surface area contributed by atoms with Crippen LogP contribution in [-0.2, 0) is 0 Å². The third kappa shape index (κ3) is 9.00. The molecular weight excluding hydrogens is 482 g/mol. The van der Waals surface area contributed by atoms with E-state index in [1.165, 1.54) is 45.7 Å². The van der Waals surface area contributed by atoms with Crippen molar-refractivity contribution in [2.75, 3.05) is 38.8 Å². The van der Waals surface area contributed by atoms with Gasteiger partial charge in [0.15, 0.2) is 0 Å². The van der Waals surface area contributed by atoms with E-state index >= 15 is 0 Å². The van der Waals surface area contributed by atoms with E-state index in [2.05, 4.69) is 10.2 Å². The molecule has 32 heavy (non-hydrogen) atoms. The van der Waals surface area contributed by atoms with Crippen LogP contribution in [0.5, 0.6) is 5.75 Å². The van der Waals surface area contributed by atoms with Crippen LogP contribution in [0.1, 0.15) is 30.1 Å². The molecule has 1 heterocycles. The predicted molar refractivity (Wildman–Crippen MR) is 128 cm³/mol. The molecule has 1 atom stereocenters. The first kappa shape index (κ1) is 28.3. The van der Waals surface area contributed by atoms with Crippen LogP contribution in [-0.4, -0.2) is 56.1 Å². The minimum atomic E-state index is -0.661. The number of carbonyl (C=O) groups is 1. The number of hydrogen-bond acceptors (Lipinski definition) is 5. The molecule has 0 radical (unpaired) electrons. The highest BCUT2D eigenvalue weighted by Crippen LogP contribution is 2.29. The molecule has 2 aromatic carbocycles. The Balaban J connectivity index is 0.000000266. The zero-order chi connectivity index (χ0) is 24.3. The second-order valence-electron chi connectivity index (χ2n) is 6.87. The number of hydrogen-bond donors (Lipinski definition) is 3. The van der Waals surface area contributed by atoms with Gasteiger partial charge in [0.1, 0.15) is 11.6 Å². The van der Waals surface area contributed by atoms with Crippen molar-refractivity contribution in [3.05, 3.63) is 56.8 Å². The Hall–Kier alpha value is -1.77. The second kappa shape index (κ2) is 14.4. The molecule has 1 amide bonds. The fourth-order valence-electron chi connectivity index (χ4n) is 2.65. The van der Waals surface area contributed by atoms with Gasteiger partial charge in [-0.2, -0.15) is 0 Å². The first-order chi connectivity index (χ1) is 15.1. The number of rotatable bonds is 4. The summed E-state index contributed by atoms with van der Waals surface area (Å²) >= 11 is 17.5. The number of amides is 1. The van der Waals surface area contributed by atoms with Crippen molar-refractivity contribution < 1.29 is 24.1 Å². The number of carbonyl (C=O) groups excluding carboxylic acids is 1. The quantitative estimate of drug-likeness (QED) is 0.551. The molecule has 1 saturated heterocycles. The Labute approximate surface area is 202 Å². The van der Waals surface area contributed by atoms with Crippen LogP contribution in [0.25, 0.3) is 0 Å². The maximum atomic E-state index is 13.3. The number of ether oxygens (including phenoxy) is 1. The molecule has 10 heteroatoms. The molecular formula is C22H28Cl3FN2O4. The number of nitrogens with zero attached hydrogens (tertiary/aromatic N) is 1. The summed E-state index contributed by atoms with van der Waals surface area (Å²) in [6.45, 7) is 3.66.